The van der Waals surface area contributed by atoms with Crippen molar-refractivity contribution in [1.82, 2.24) is 14.7 Å². The lowest BCUT2D eigenvalue weighted by atomic mass is 10.0. The van der Waals surface area contributed by atoms with Crippen LogP contribution in [-0.4, -0.2) is 44.8 Å². The molecule has 3 rings (SSSR count). The molecule has 0 atom stereocenters. The van der Waals surface area contributed by atoms with E-state index in [1.807, 2.05) is 21.7 Å². The van der Waals surface area contributed by atoms with Crippen LogP contribution in [0, 0.1) is 6.92 Å². The van der Waals surface area contributed by atoms with Gasteiger partial charge in [0.2, 0.25) is 0 Å². The highest BCUT2D eigenvalue weighted by atomic mass is 32.1. The Labute approximate surface area is 132 Å². The fourth-order valence-electron chi connectivity index (χ4n) is 2.88. The number of carbonyl (C=O) groups is 2. The van der Waals surface area contributed by atoms with Crippen molar-refractivity contribution in [3.05, 3.63) is 39.8 Å². The zero-order chi connectivity index (χ0) is 15.7. The van der Waals surface area contributed by atoms with E-state index >= 15 is 0 Å². The van der Waals surface area contributed by atoms with E-state index in [-0.39, 0.29) is 17.5 Å². The number of likely N-dealkylation sites (tertiary alicyclic amines) is 1. The van der Waals surface area contributed by atoms with Gasteiger partial charge in [-0.05, 0) is 31.2 Å². The molecule has 0 aliphatic carbocycles. The summed E-state index contributed by atoms with van der Waals surface area (Å²) in [6, 6.07) is 2.00. The topological polar surface area (TPSA) is 75.4 Å². The second-order valence-electron chi connectivity index (χ2n) is 5.43. The van der Waals surface area contributed by atoms with Crippen molar-refractivity contribution in [1.29, 1.82) is 0 Å². The van der Waals surface area contributed by atoms with E-state index < -0.39 is 5.97 Å². The van der Waals surface area contributed by atoms with Gasteiger partial charge in [-0.2, -0.15) is 16.4 Å². The van der Waals surface area contributed by atoms with Crippen LogP contribution in [0.25, 0.3) is 0 Å². The van der Waals surface area contributed by atoms with Crippen molar-refractivity contribution in [2.24, 2.45) is 0 Å². The molecular weight excluding hydrogens is 302 g/mol. The molecule has 1 saturated heterocycles. The van der Waals surface area contributed by atoms with Gasteiger partial charge in [-0.1, -0.05) is 0 Å². The second-order valence-corrected chi connectivity index (χ2v) is 6.21. The Bertz CT molecular complexity index is 685. The standard InChI is InChI=1S/C15H17N3O3S/c1-10-13(15(20)21)8-16-18(10)12-2-5-17(6-3-12)14(19)11-4-7-22-9-11/h4,7-9,12H,2-3,5-6H2,1H3,(H,20,21). The molecule has 2 aromatic heterocycles. The summed E-state index contributed by atoms with van der Waals surface area (Å²) in [6.07, 6.45) is 2.98. The van der Waals surface area contributed by atoms with Crippen LogP contribution in [0.2, 0.25) is 0 Å². The normalized spacial score (nSPS) is 16.0. The van der Waals surface area contributed by atoms with Crippen molar-refractivity contribution in [2.45, 2.75) is 25.8 Å². The van der Waals surface area contributed by atoms with Crippen LogP contribution in [0.5, 0.6) is 0 Å². The summed E-state index contributed by atoms with van der Waals surface area (Å²) in [5, 5.41) is 17.1. The molecule has 22 heavy (non-hydrogen) atoms. The first-order chi connectivity index (χ1) is 10.6. The number of carbonyl (C=O) groups excluding carboxylic acids is 1. The van der Waals surface area contributed by atoms with Crippen molar-refractivity contribution in [2.75, 3.05) is 13.1 Å². The van der Waals surface area contributed by atoms with Crippen LogP contribution >= 0.6 is 11.3 Å². The summed E-state index contributed by atoms with van der Waals surface area (Å²) >= 11 is 1.52. The number of aromatic nitrogens is 2. The van der Waals surface area contributed by atoms with Gasteiger partial charge in [0.1, 0.15) is 5.56 Å². The zero-order valence-electron chi connectivity index (χ0n) is 12.2. The molecule has 2 aromatic rings. The molecule has 1 N–H and O–H groups in total. The average Bonchev–Trinajstić information content (AvgIpc) is 3.16. The van der Waals surface area contributed by atoms with Gasteiger partial charge in [-0.3, -0.25) is 9.48 Å². The molecule has 0 aromatic carbocycles. The van der Waals surface area contributed by atoms with Gasteiger partial charge >= 0.3 is 5.97 Å². The Balaban J connectivity index is 1.67. The molecule has 0 radical (unpaired) electrons. The summed E-state index contributed by atoms with van der Waals surface area (Å²) in [7, 11) is 0. The predicted molar refractivity (Wildman–Crippen MR) is 82.4 cm³/mol. The lowest BCUT2D eigenvalue weighted by molar-refractivity contribution is 0.0688. The van der Waals surface area contributed by atoms with E-state index in [0.717, 1.165) is 18.4 Å². The highest BCUT2D eigenvalue weighted by molar-refractivity contribution is 7.08. The molecule has 3 heterocycles. The van der Waals surface area contributed by atoms with E-state index in [1.54, 1.807) is 11.6 Å². The molecule has 0 unspecified atom stereocenters. The molecule has 0 saturated carbocycles. The minimum Gasteiger partial charge on any atom is -0.478 e. The Morgan fingerprint density at radius 2 is 2.09 bits per heavy atom. The number of amides is 1. The molecule has 1 aliphatic heterocycles. The first kappa shape index (κ1) is 14.8. The Kier molecular flexibility index (Phi) is 3.98. The molecule has 6 nitrogen and oxygen atoms in total. The maximum atomic E-state index is 12.3. The monoisotopic (exact) mass is 319 g/mol. The van der Waals surface area contributed by atoms with Gasteiger partial charge in [0, 0.05) is 18.5 Å². The van der Waals surface area contributed by atoms with Gasteiger partial charge in [0.25, 0.3) is 5.91 Å². The smallest absolute Gasteiger partial charge is 0.339 e. The van der Waals surface area contributed by atoms with E-state index in [0.29, 0.717) is 18.8 Å². The fraction of sp³-hybridized carbons (Fsp3) is 0.400. The Morgan fingerprint density at radius 3 is 2.64 bits per heavy atom. The van der Waals surface area contributed by atoms with Crippen molar-refractivity contribution in [3.63, 3.8) is 0 Å². The first-order valence-corrected chi connectivity index (χ1v) is 8.11. The molecule has 1 aliphatic rings. The molecule has 7 heteroatoms. The lowest BCUT2D eigenvalue weighted by Crippen LogP contribution is -2.39. The largest absolute Gasteiger partial charge is 0.478 e. The average molecular weight is 319 g/mol. The van der Waals surface area contributed by atoms with Gasteiger partial charge in [0.05, 0.1) is 23.5 Å². The molecule has 1 amide bonds. The lowest BCUT2D eigenvalue weighted by Gasteiger charge is -2.32. The van der Waals surface area contributed by atoms with Crippen LogP contribution in [-0.2, 0) is 0 Å². The van der Waals surface area contributed by atoms with Crippen LogP contribution in [0.1, 0.15) is 45.3 Å². The van der Waals surface area contributed by atoms with Crippen molar-refractivity contribution < 1.29 is 14.7 Å². The first-order valence-electron chi connectivity index (χ1n) is 7.17. The number of hydrogen-bond donors (Lipinski definition) is 1. The molecular formula is C15H17N3O3S. The summed E-state index contributed by atoms with van der Waals surface area (Å²) in [5.74, 6) is -0.878. The van der Waals surface area contributed by atoms with Gasteiger partial charge in [-0.25, -0.2) is 4.79 Å². The predicted octanol–water partition coefficient (Wildman–Crippen LogP) is 2.43. The van der Waals surface area contributed by atoms with Gasteiger partial charge in [0.15, 0.2) is 0 Å². The molecule has 1 fully saturated rings. The van der Waals surface area contributed by atoms with E-state index in [4.69, 9.17) is 5.11 Å². The third-order valence-electron chi connectivity index (χ3n) is 4.14. The maximum absolute atomic E-state index is 12.3. The number of aromatic carboxylic acids is 1. The highest BCUT2D eigenvalue weighted by Gasteiger charge is 2.27. The van der Waals surface area contributed by atoms with Crippen LogP contribution in [0.15, 0.2) is 23.0 Å². The number of carboxylic acid groups (broad SMARTS) is 1. The number of nitrogens with zero attached hydrogens (tertiary/aromatic N) is 3. The molecule has 0 bridgehead atoms. The molecule has 116 valence electrons. The SMILES string of the molecule is Cc1c(C(=O)O)cnn1C1CCN(C(=O)c2ccsc2)CC1. The highest BCUT2D eigenvalue weighted by Crippen LogP contribution is 2.25. The number of hydrogen-bond acceptors (Lipinski definition) is 4. The van der Waals surface area contributed by atoms with E-state index in [9.17, 15) is 9.59 Å². The summed E-state index contributed by atoms with van der Waals surface area (Å²) in [5.41, 5.74) is 1.67. The molecule has 0 spiro atoms. The summed E-state index contributed by atoms with van der Waals surface area (Å²) in [6.45, 7) is 3.11. The third-order valence-corrected chi connectivity index (χ3v) is 4.82. The van der Waals surface area contributed by atoms with Crippen LogP contribution < -0.4 is 0 Å². The van der Waals surface area contributed by atoms with E-state index in [2.05, 4.69) is 5.10 Å². The minimum absolute atomic E-state index is 0.0723. The third kappa shape index (κ3) is 2.64. The van der Waals surface area contributed by atoms with Gasteiger partial charge < -0.3 is 10.0 Å². The van der Waals surface area contributed by atoms with E-state index in [1.165, 1.54) is 17.5 Å². The number of rotatable bonds is 3. The fourth-order valence-corrected chi connectivity index (χ4v) is 3.51. The summed E-state index contributed by atoms with van der Waals surface area (Å²) in [4.78, 5) is 25.2. The minimum atomic E-state index is -0.950. The quantitative estimate of drug-likeness (QED) is 0.943. The van der Waals surface area contributed by atoms with Crippen LogP contribution in [0.4, 0.5) is 0 Å². The van der Waals surface area contributed by atoms with Crippen LogP contribution in [0.3, 0.4) is 0 Å². The maximum Gasteiger partial charge on any atom is 0.339 e. The Hall–Kier alpha value is -2.15. The number of piperidine rings is 1. The zero-order valence-corrected chi connectivity index (χ0v) is 13.0. The van der Waals surface area contributed by atoms with Crippen molar-refractivity contribution >= 4 is 23.2 Å². The number of thiophene rings is 1. The van der Waals surface area contributed by atoms with Gasteiger partial charge in [-0.15, -0.1) is 0 Å². The number of carboxylic acids is 1. The summed E-state index contributed by atoms with van der Waals surface area (Å²) < 4.78 is 1.79. The van der Waals surface area contributed by atoms with Crippen molar-refractivity contribution in [3.8, 4) is 0 Å². The second kappa shape index (κ2) is 5.92. The Morgan fingerprint density at radius 1 is 1.36 bits per heavy atom.